The monoisotopic (exact) mass is 410 g/mol. The lowest BCUT2D eigenvalue weighted by molar-refractivity contribution is -0.113. The van der Waals surface area contributed by atoms with Crippen LogP contribution in [0.2, 0.25) is 0 Å². The van der Waals surface area contributed by atoms with Crippen molar-refractivity contribution in [2.75, 3.05) is 17.3 Å². The Kier molecular flexibility index (Phi) is 6.02. The molecule has 1 N–H and O–H groups in total. The summed E-state index contributed by atoms with van der Waals surface area (Å²) in [6.07, 6.45) is 4.36. The molecule has 1 fully saturated rings. The van der Waals surface area contributed by atoms with Crippen LogP contribution >= 0.6 is 23.5 Å². The average molecular weight is 411 g/mol. The Bertz CT molecular complexity index is 954. The van der Waals surface area contributed by atoms with Crippen molar-refractivity contribution >= 4 is 35.1 Å². The van der Waals surface area contributed by atoms with E-state index in [9.17, 15) is 4.79 Å². The van der Waals surface area contributed by atoms with Crippen LogP contribution in [0, 0.1) is 0 Å². The summed E-state index contributed by atoms with van der Waals surface area (Å²) in [6, 6.07) is 18.2. The average Bonchev–Trinajstić information content (AvgIpc) is 3.49. The second-order valence-electron chi connectivity index (χ2n) is 6.76. The van der Waals surface area contributed by atoms with Crippen molar-refractivity contribution in [3.63, 3.8) is 0 Å². The molecule has 1 aliphatic carbocycles. The van der Waals surface area contributed by atoms with Gasteiger partial charge in [0.1, 0.15) is 5.82 Å². The van der Waals surface area contributed by atoms with Crippen molar-refractivity contribution in [3.8, 4) is 0 Å². The molecule has 1 saturated carbocycles. The van der Waals surface area contributed by atoms with Crippen molar-refractivity contribution in [3.05, 3.63) is 66.0 Å². The maximum absolute atomic E-state index is 12.4. The largest absolute Gasteiger partial charge is 0.325 e. The molecule has 2 aromatic carbocycles. The Hall–Kier alpha value is -2.25. The molecule has 0 bridgehead atoms. The summed E-state index contributed by atoms with van der Waals surface area (Å²) in [5.74, 6) is 1.82. The third-order valence-electron chi connectivity index (χ3n) is 4.56. The highest BCUT2D eigenvalue weighted by Gasteiger charge is 2.30. The third kappa shape index (κ3) is 4.77. The molecule has 1 heterocycles. The molecule has 1 amide bonds. The van der Waals surface area contributed by atoms with Gasteiger partial charge in [-0.3, -0.25) is 4.79 Å². The normalized spacial score (nSPS) is 13.5. The molecule has 144 valence electrons. The standard InChI is InChI=1S/C21H22N4OS2/c1-27-18-9-5-8-17(12-18)22-19(26)14-28-21-24-23-20(16-10-11-16)25(21)13-15-6-3-2-4-7-15/h2-9,12,16H,10-11,13-14H2,1H3,(H,22,26). The number of thioether (sulfide) groups is 2. The summed E-state index contributed by atoms with van der Waals surface area (Å²) >= 11 is 3.10. The van der Waals surface area contributed by atoms with Crippen molar-refractivity contribution in [1.82, 2.24) is 14.8 Å². The molecule has 0 unspecified atom stereocenters. The minimum atomic E-state index is -0.0366. The maximum Gasteiger partial charge on any atom is 0.234 e. The lowest BCUT2D eigenvalue weighted by Gasteiger charge is -2.10. The number of rotatable bonds is 8. The van der Waals surface area contributed by atoms with Crippen LogP contribution in [-0.2, 0) is 11.3 Å². The van der Waals surface area contributed by atoms with Crippen molar-refractivity contribution in [2.45, 2.75) is 35.4 Å². The second-order valence-corrected chi connectivity index (χ2v) is 8.58. The molecule has 0 aliphatic heterocycles. The highest BCUT2D eigenvalue weighted by Crippen LogP contribution is 2.40. The van der Waals surface area contributed by atoms with E-state index in [0.29, 0.717) is 11.7 Å². The fourth-order valence-corrected chi connectivity index (χ4v) is 4.20. The zero-order valence-electron chi connectivity index (χ0n) is 15.7. The fourth-order valence-electron chi connectivity index (χ4n) is 2.99. The van der Waals surface area contributed by atoms with Crippen LogP contribution in [0.25, 0.3) is 0 Å². The molecular formula is C21H22N4OS2. The predicted octanol–water partition coefficient (Wildman–Crippen LogP) is 4.66. The number of nitrogens with one attached hydrogen (secondary N) is 1. The van der Waals surface area contributed by atoms with E-state index in [1.165, 1.54) is 30.2 Å². The van der Waals surface area contributed by atoms with Gasteiger partial charge in [-0.1, -0.05) is 48.2 Å². The van der Waals surface area contributed by atoms with Gasteiger partial charge >= 0.3 is 0 Å². The van der Waals surface area contributed by atoms with Gasteiger partial charge in [0, 0.05) is 16.5 Å². The van der Waals surface area contributed by atoms with Gasteiger partial charge in [0.2, 0.25) is 5.91 Å². The van der Waals surface area contributed by atoms with Crippen LogP contribution in [0.3, 0.4) is 0 Å². The summed E-state index contributed by atoms with van der Waals surface area (Å²) in [7, 11) is 0. The Labute approximate surface area is 173 Å². The first-order chi connectivity index (χ1) is 13.7. The lowest BCUT2D eigenvalue weighted by Crippen LogP contribution is -2.15. The van der Waals surface area contributed by atoms with Gasteiger partial charge in [-0.2, -0.15) is 0 Å². The van der Waals surface area contributed by atoms with Crippen molar-refractivity contribution in [1.29, 1.82) is 0 Å². The highest BCUT2D eigenvalue weighted by atomic mass is 32.2. The van der Waals surface area contributed by atoms with E-state index < -0.39 is 0 Å². The molecular weight excluding hydrogens is 388 g/mol. The smallest absolute Gasteiger partial charge is 0.234 e. The van der Waals surface area contributed by atoms with Crippen LogP contribution in [0.15, 0.2) is 64.6 Å². The van der Waals surface area contributed by atoms with Gasteiger partial charge in [0.05, 0.1) is 12.3 Å². The SMILES string of the molecule is CSc1cccc(NC(=O)CSc2nnc(C3CC3)n2Cc2ccccc2)c1. The molecule has 0 atom stereocenters. The van der Waals surface area contributed by atoms with Crippen LogP contribution in [0.1, 0.15) is 30.1 Å². The van der Waals surface area contributed by atoms with E-state index in [1.807, 2.05) is 48.7 Å². The Morgan fingerprint density at radius 2 is 1.96 bits per heavy atom. The molecule has 28 heavy (non-hydrogen) atoms. The summed E-state index contributed by atoms with van der Waals surface area (Å²) < 4.78 is 2.17. The minimum absolute atomic E-state index is 0.0366. The molecule has 1 aliphatic rings. The molecule has 0 radical (unpaired) electrons. The lowest BCUT2D eigenvalue weighted by atomic mass is 10.2. The van der Waals surface area contributed by atoms with Gasteiger partial charge in [-0.25, -0.2) is 0 Å². The van der Waals surface area contributed by atoms with Gasteiger partial charge in [0.15, 0.2) is 5.16 Å². The fraction of sp³-hybridized carbons (Fsp3) is 0.286. The van der Waals surface area contributed by atoms with Crippen molar-refractivity contribution in [2.24, 2.45) is 0 Å². The Morgan fingerprint density at radius 1 is 1.14 bits per heavy atom. The van der Waals surface area contributed by atoms with E-state index >= 15 is 0 Å². The second kappa shape index (κ2) is 8.84. The maximum atomic E-state index is 12.4. The number of amides is 1. The van der Waals surface area contributed by atoms with Crippen LogP contribution in [-0.4, -0.2) is 32.7 Å². The minimum Gasteiger partial charge on any atom is -0.325 e. The van der Waals surface area contributed by atoms with Gasteiger partial charge < -0.3 is 9.88 Å². The highest BCUT2D eigenvalue weighted by molar-refractivity contribution is 7.99. The number of carbonyl (C=O) groups is 1. The number of anilines is 1. The summed E-state index contributed by atoms with van der Waals surface area (Å²) in [6.45, 7) is 0.736. The first-order valence-corrected chi connectivity index (χ1v) is 11.5. The number of benzene rings is 2. The first kappa shape index (κ1) is 19.1. The molecule has 7 heteroatoms. The van der Waals surface area contributed by atoms with E-state index in [4.69, 9.17) is 0 Å². The van der Waals surface area contributed by atoms with E-state index in [0.717, 1.165) is 28.1 Å². The van der Waals surface area contributed by atoms with Gasteiger partial charge in [-0.05, 0) is 42.9 Å². The van der Waals surface area contributed by atoms with Crippen LogP contribution in [0.4, 0.5) is 5.69 Å². The number of hydrogen-bond acceptors (Lipinski definition) is 5. The third-order valence-corrected chi connectivity index (χ3v) is 6.25. The van der Waals surface area contributed by atoms with Crippen LogP contribution < -0.4 is 5.32 Å². The van der Waals surface area contributed by atoms with E-state index in [2.05, 4.69) is 32.2 Å². The molecule has 0 spiro atoms. The Morgan fingerprint density at radius 3 is 2.71 bits per heavy atom. The zero-order valence-corrected chi connectivity index (χ0v) is 17.3. The molecule has 3 aromatic rings. The number of aromatic nitrogens is 3. The van der Waals surface area contributed by atoms with Gasteiger partial charge in [0.25, 0.3) is 0 Å². The number of nitrogens with zero attached hydrogens (tertiary/aromatic N) is 3. The molecule has 5 nitrogen and oxygen atoms in total. The topological polar surface area (TPSA) is 59.8 Å². The zero-order chi connectivity index (χ0) is 19.3. The summed E-state index contributed by atoms with van der Waals surface area (Å²) in [5.41, 5.74) is 2.03. The predicted molar refractivity (Wildman–Crippen MR) is 115 cm³/mol. The van der Waals surface area contributed by atoms with E-state index in [-0.39, 0.29) is 5.91 Å². The number of carbonyl (C=O) groups excluding carboxylic acids is 1. The Balaban J connectivity index is 1.43. The van der Waals surface area contributed by atoms with Crippen molar-refractivity contribution < 1.29 is 4.79 Å². The quantitative estimate of drug-likeness (QED) is 0.548. The first-order valence-electron chi connectivity index (χ1n) is 9.26. The van der Waals surface area contributed by atoms with Gasteiger partial charge in [-0.15, -0.1) is 22.0 Å². The van der Waals surface area contributed by atoms with Crippen LogP contribution in [0.5, 0.6) is 0 Å². The summed E-state index contributed by atoms with van der Waals surface area (Å²) in [4.78, 5) is 13.5. The van der Waals surface area contributed by atoms with E-state index in [1.54, 1.807) is 11.8 Å². The summed E-state index contributed by atoms with van der Waals surface area (Å²) in [5, 5.41) is 12.6. The molecule has 1 aromatic heterocycles. The molecule has 4 rings (SSSR count). The molecule has 0 saturated heterocycles. The number of hydrogen-bond donors (Lipinski definition) is 1.